The van der Waals surface area contributed by atoms with Crippen molar-refractivity contribution >= 4 is 6.01 Å². The standard InChI is InChI=1S/C14H24N4O/c1-14(2,3)12-16-13(19-17-12)18-8-6-11(7-9-18)15-10-4-5-10/h10-11,15H,4-9H2,1-3H3. The SMILES string of the molecule is CC(C)(C)c1noc(N2CCC(NC3CC3)CC2)n1. The lowest BCUT2D eigenvalue weighted by Crippen LogP contribution is -2.43. The monoisotopic (exact) mass is 264 g/mol. The van der Waals surface area contributed by atoms with E-state index in [2.05, 4.69) is 41.1 Å². The lowest BCUT2D eigenvalue weighted by atomic mass is 9.96. The molecule has 1 N–H and O–H groups in total. The average Bonchev–Trinajstić information content (AvgIpc) is 3.02. The largest absolute Gasteiger partial charge is 0.324 e. The van der Waals surface area contributed by atoms with Gasteiger partial charge in [-0.25, -0.2) is 0 Å². The Bertz CT molecular complexity index is 425. The minimum absolute atomic E-state index is 0.0480. The van der Waals surface area contributed by atoms with Crippen LogP contribution in [0.25, 0.3) is 0 Å². The Labute approximate surface area is 114 Å². The molecular formula is C14H24N4O. The van der Waals surface area contributed by atoms with Crippen molar-refractivity contribution in [1.29, 1.82) is 0 Å². The Morgan fingerprint density at radius 2 is 1.74 bits per heavy atom. The summed E-state index contributed by atoms with van der Waals surface area (Å²) >= 11 is 0. The fraction of sp³-hybridized carbons (Fsp3) is 0.857. The molecule has 0 bridgehead atoms. The number of nitrogens with one attached hydrogen (secondary N) is 1. The smallest absolute Gasteiger partial charge is 0.324 e. The predicted octanol–water partition coefficient (Wildman–Crippen LogP) is 2.09. The highest BCUT2D eigenvalue weighted by molar-refractivity contribution is 5.27. The van der Waals surface area contributed by atoms with Crippen molar-refractivity contribution in [3.63, 3.8) is 0 Å². The first-order chi connectivity index (χ1) is 9.02. The molecule has 1 aliphatic carbocycles. The van der Waals surface area contributed by atoms with E-state index in [1.54, 1.807) is 0 Å². The zero-order valence-corrected chi connectivity index (χ0v) is 12.1. The maximum Gasteiger partial charge on any atom is 0.324 e. The molecule has 3 rings (SSSR count). The number of hydrogen-bond donors (Lipinski definition) is 1. The van der Waals surface area contributed by atoms with E-state index in [1.165, 1.54) is 25.7 Å². The van der Waals surface area contributed by atoms with Crippen molar-refractivity contribution in [2.45, 2.75) is 64.0 Å². The second kappa shape index (κ2) is 4.78. The topological polar surface area (TPSA) is 54.2 Å². The van der Waals surface area contributed by atoms with Gasteiger partial charge in [0.05, 0.1) is 0 Å². The van der Waals surface area contributed by atoms with Gasteiger partial charge in [0.2, 0.25) is 0 Å². The summed E-state index contributed by atoms with van der Waals surface area (Å²) in [6.07, 6.45) is 5.06. The number of nitrogens with zero attached hydrogens (tertiary/aromatic N) is 3. The summed E-state index contributed by atoms with van der Waals surface area (Å²) in [5.41, 5.74) is -0.0480. The van der Waals surface area contributed by atoms with Crippen LogP contribution >= 0.6 is 0 Å². The van der Waals surface area contributed by atoms with Crippen LogP contribution in [0, 0.1) is 0 Å². The zero-order chi connectivity index (χ0) is 13.5. The molecular weight excluding hydrogens is 240 g/mol. The third-order valence-electron chi connectivity index (χ3n) is 3.90. The quantitative estimate of drug-likeness (QED) is 0.906. The first kappa shape index (κ1) is 12.9. The van der Waals surface area contributed by atoms with E-state index in [-0.39, 0.29) is 5.41 Å². The molecule has 0 atom stereocenters. The van der Waals surface area contributed by atoms with Crippen molar-refractivity contribution in [2.75, 3.05) is 18.0 Å². The summed E-state index contributed by atoms with van der Waals surface area (Å²) in [4.78, 5) is 6.75. The van der Waals surface area contributed by atoms with Gasteiger partial charge in [0.25, 0.3) is 0 Å². The van der Waals surface area contributed by atoms with Crippen molar-refractivity contribution in [3.8, 4) is 0 Å². The van der Waals surface area contributed by atoms with Crippen molar-refractivity contribution in [3.05, 3.63) is 5.82 Å². The van der Waals surface area contributed by atoms with Crippen LogP contribution in [0.5, 0.6) is 0 Å². The van der Waals surface area contributed by atoms with Gasteiger partial charge in [-0.3, -0.25) is 0 Å². The van der Waals surface area contributed by atoms with Gasteiger partial charge in [0, 0.05) is 30.6 Å². The van der Waals surface area contributed by atoms with Crippen LogP contribution in [0.1, 0.15) is 52.3 Å². The first-order valence-electron chi connectivity index (χ1n) is 7.37. The fourth-order valence-electron chi connectivity index (χ4n) is 2.47. The molecule has 0 spiro atoms. The minimum atomic E-state index is -0.0480. The molecule has 1 aliphatic heterocycles. The van der Waals surface area contributed by atoms with Crippen LogP contribution in [0.3, 0.4) is 0 Å². The molecule has 1 saturated carbocycles. The molecule has 0 radical (unpaired) electrons. The molecule has 2 aliphatic rings. The molecule has 1 aromatic heterocycles. The van der Waals surface area contributed by atoms with Gasteiger partial charge in [-0.2, -0.15) is 4.98 Å². The molecule has 5 heteroatoms. The van der Waals surface area contributed by atoms with Crippen LogP contribution in [-0.2, 0) is 5.41 Å². The van der Waals surface area contributed by atoms with Crippen molar-refractivity contribution < 1.29 is 4.52 Å². The summed E-state index contributed by atoms with van der Waals surface area (Å²) in [6, 6.07) is 2.16. The Morgan fingerprint density at radius 3 is 2.26 bits per heavy atom. The van der Waals surface area contributed by atoms with Gasteiger partial charge in [-0.15, -0.1) is 0 Å². The molecule has 1 saturated heterocycles. The molecule has 2 heterocycles. The van der Waals surface area contributed by atoms with Crippen molar-refractivity contribution in [2.24, 2.45) is 0 Å². The molecule has 106 valence electrons. The lowest BCUT2D eigenvalue weighted by Gasteiger charge is -2.31. The summed E-state index contributed by atoms with van der Waals surface area (Å²) in [7, 11) is 0. The van der Waals surface area contributed by atoms with Gasteiger partial charge < -0.3 is 14.7 Å². The average molecular weight is 264 g/mol. The fourth-order valence-corrected chi connectivity index (χ4v) is 2.47. The first-order valence-corrected chi connectivity index (χ1v) is 7.37. The number of aromatic nitrogens is 2. The molecule has 0 unspecified atom stereocenters. The highest BCUT2D eigenvalue weighted by atomic mass is 16.5. The van der Waals surface area contributed by atoms with Crippen LogP contribution in [0.2, 0.25) is 0 Å². The van der Waals surface area contributed by atoms with E-state index < -0.39 is 0 Å². The summed E-state index contributed by atoms with van der Waals surface area (Å²) in [5.74, 6) is 0.792. The van der Waals surface area contributed by atoms with E-state index in [0.717, 1.165) is 25.0 Å². The zero-order valence-electron chi connectivity index (χ0n) is 12.1. The normalized spacial score (nSPS) is 21.9. The molecule has 1 aromatic rings. The third-order valence-corrected chi connectivity index (χ3v) is 3.90. The van der Waals surface area contributed by atoms with Crippen LogP contribution in [0.4, 0.5) is 6.01 Å². The van der Waals surface area contributed by atoms with Gasteiger partial charge >= 0.3 is 6.01 Å². The number of anilines is 1. The predicted molar refractivity (Wildman–Crippen MR) is 74.4 cm³/mol. The van der Waals surface area contributed by atoms with E-state index in [0.29, 0.717) is 12.1 Å². The summed E-state index contributed by atoms with van der Waals surface area (Å²) < 4.78 is 5.40. The van der Waals surface area contributed by atoms with E-state index >= 15 is 0 Å². The maximum atomic E-state index is 5.40. The second-order valence-corrected chi connectivity index (χ2v) is 6.85. The summed E-state index contributed by atoms with van der Waals surface area (Å²) in [5, 5.41) is 7.80. The Morgan fingerprint density at radius 1 is 1.11 bits per heavy atom. The Hall–Kier alpha value is -1.10. The van der Waals surface area contributed by atoms with E-state index in [9.17, 15) is 0 Å². The van der Waals surface area contributed by atoms with Gasteiger partial charge in [0.1, 0.15) is 0 Å². The minimum Gasteiger partial charge on any atom is -0.324 e. The van der Waals surface area contributed by atoms with Crippen molar-refractivity contribution in [1.82, 2.24) is 15.5 Å². The number of hydrogen-bond acceptors (Lipinski definition) is 5. The summed E-state index contributed by atoms with van der Waals surface area (Å²) in [6.45, 7) is 8.33. The van der Waals surface area contributed by atoms with E-state index in [1.807, 2.05) is 0 Å². The maximum absolute atomic E-state index is 5.40. The lowest BCUT2D eigenvalue weighted by molar-refractivity contribution is 0.363. The second-order valence-electron chi connectivity index (χ2n) is 6.85. The molecule has 5 nitrogen and oxygen atoms in total. The van der Waals surface area contributed by atoms with Gasteiger partial charge in [0.15, 0.2) is 5.82 Å². The Kier molecular flexibility index (Phi) is 3.25. The van der Waals surface area contributed by atoms with Gasteiger partial charge in [-0.1, -0.05) is 25.9 Å². The van der Waals surface area contributed by atoms with Gasteiger partial charge in [-0.05, 0) is 25.7 Å². The molecule has 2 fully saturated rings. The molecule has 0 amide bonds. The van der Waals surface area contributed by atoms with Crippen LogP contribution in [-0.4, -0.2) is 35.3 Å². The highest BCUT2D eigenvalue weighted by Gasteiger charge is 2.29. The van der Waals surface area contributed by atoms with E-state index in [4.69, 9.17) is 4.52 Å². The van der Waals surface area contributed by atoms with Crippen LogP contribution in [0.15, 0.2) is 4.52 Å². The highest BCUT2D eigenvalue weighted by Crippen LogP contribution is 2.25. The third kappa shape index (κ3) is 3.08. The molecule has 0 aromatic carbocycles. The number of piperidine rings is 1. The number of rotatable bonds is 3. The molecule has 19 heavy (non-hydrogen) atoms. The van der Waals surface area contributed by atoms with Crippen LogP contribution < -0.4 is 10.2 Å². The Balaban J connectivity index is 1.57.